The molecule has 0 unspecified atom stereocenters. The third kappa shape index (κ3) is 3.06. The first-order valence-electron chi connectivity index (χ1n) is 7.53. The predicted octanol–water partition coefficient (Wildman–Crippen LogP) is 2.99. The minimum atomic E-state index is -4.23. The number of halogens is 3. The maximum Gasteiger partial charge on any atom is 0.393 e. The summed E-state index contributed by atoms with van der Waals surface area (Å²) in [5.41, 5.74) is 8.22. The number of hydrogen-bond acceptors (Lipinski definition) is 4. The van der Waals surface area contributed by atoms with Crippen LogP contribution in [0.4, 0.5) is 24.5 Å². The lowest BCUT2D eigenvalue weighted by Gasteiger charge is -2.39. The molecule has 1 aromatic heterocycles. The van der Waals surface area contributed by atoms with Crippen molar-refractivity contribution in [2.75, 3.05) is 30.4 Å². The van der Waals surface area contributed by atoms with E-state index < -0.39 is 18.1 Å². The summed E-state index contributed by atoms with van der Waals surface area (Å²) in [6.07, 6.45) is -2.58. The highest BCUT2D eigenvalue weighted by atomic mass is 19.4. The number of rotatable bonds is 2. The number of nitrogens with two attached hydrogens (primary N) is 1. The van der Waals surface area contributed by atoms with Crippen molar-refractivity contribution in [3.63, 3.8) is 0 Å². The van der Waals surface area contributed by atoms with Crippen LogP contribution in [-0.2, 0) is 0 Å². The molecule has 0 aliphatic carbocycles. The first kappa shape index (κ1) is 15.9. The van der Waals surface area contributed by atoms with Crippen molar-refractivity contribution in [2.45, 2.75) is 18.6 Å². The Morgan fingerprint density at radius 3 is 2.74 bits per heavy atom. The summed E-state index contributed by atoms with van der Waals surface area (Å²) < 4.78 is 39.4. The van der Waals surface area contributed by atoms with Gasteiger partial charge in [0.1, 0.15) is 0 Å². The van der Waals surface area contributed by atoms with Crippen LogP contribution in [0.25, 0.3) is 10.9 Å². The minimum absolute atomic E-state index is 0.0230. The molecule has 1 saturated heterocycles. The molecule has 7 heteroatoms. The molecule has 2 heterocycles. The molecule has 0 radical (unpaired) electrons. The second-order valence-corrected chi connectivity index (χ2v) is 5.92. The zero-order valence-electron chi connectivity index (χ0n) is 12.8. The number of piperidine rings is 1. The van der Waals surface area contributed by atoms with Gasteiger partial charge in [-0.1, -0.05) is 0 Å². The Morgan fingerprint density at radius 1 is 1.26 bits per heavy atom. The van der Waals surface area contributed by atoms with Gasteiger partial charge in [0.05, 0.1) is 17.1 Å². The molecule has 2 atom stereocenters. The molecule has 0 spiro atoms. The molecule has 0 bridgehead atoms. The highest BCUT2D eigenvalue weighted by Crippen LogP contribution is 2.37. The first-order valence-corrected chi connectivity index (χ1v) is 7.53. The van der Waals surface area contributed by atoms with Crippen LogP contribution in [-0.4, -0.2) is 37.3 Å². The Morgan fingerprint density at radius 2 is 2.04 bits per heavy atom. The van der Waals surface area contributed by atoms with Crippen molar-refractivity contribution < 1.29 is 13.2 Å². The van der Waals surface area contributed by atoms with Gasteiger partial charge in [-0.15, -0.1) is 0 Å². The van der Waals surface area contributed by atoms with E-state index in [1.807, 2.05) is 18.2 Å². The summed E-state index contributed by atoms with van der Waals surface area (Å²) in [5.74, 6) is -1.40. The Bertz CT molecular complexity index is 701. The van der Waals surface area contributed by atoms with Crippen molar-refractivity contribution in [3.05, 3.63) is 30.5 Å². The van der Waals surface area contributed by atoms with Crippen molar-refractivity contribution >= 4 is 22.3 Å². The summed E-state index contributed by atoms with van der Waals surface area (Å²) >= 11 is 0. The van der Waals surface area contributed by atoms with Gasteiger partial charge in [0, 0.05) is 43.4 Å². The van der Waals surface area contributed by atoms with E-state index in [1.54, 1.807) is 24.2 Å². The number of alkyl halides is 3. The molecule has 0 saturated carbocycles. The number of hydrogen-bond donors (Lipinski definition) is 2. The number of aromatic nitrogens is 1. The zero-order chi connectivity index (χ0) is 16.6. The fourth-order valence-corrected chi connectivity index (χ4v) is 3.21. The highest BCUT2D eigenvalue weighted by Gasteiger charge is 2.44. The molecule has 1 aliphatic heterocycles. The molecule has 1 fully saturated rings. The van der Waals surface area contributed by atoms with Crippen molar-refractivity contribution in [1.82, 2.24) is 4.98 Å². The smallest absolute Gasteiger partial charge is 0.386 e. The van der Waals surface area contributed by atoms with Gasteiger partial charge in [0.2, 0.25) is 0 Å². The van der Waals surface area contributed by atoms with Crippen molar-refractivity contribution in [3.8, 4) is 0 Å². The van der Waals surface area contributed by atoms with Crippen LogP contribution in [0.15, 0.2) is 30.5 Å². The fourth-order valence-electron chi connectivity index (χ4n) is 3.21. The van der Waals surface area contributed by atoms with Crippen LogP contribution in [0.5, 0.6) is 0 Å². The van der Waals surface area contributed by atoms with E-state index in [0.29, 0.717) is 6.54 Å². The largest absolute Gasteiger partial charge is 0.393 e. The maximum atomic E-state index is 13.1. The Kier molecular flexibility index (Phi) is 4.06. The molecule has 1 aliphatic rings. The summed E-state index contributed by atoms with van der Waals surface area (Å²) in [5, 5.41) is 3.88. The predicted molar refractivity (Wildman–Crippen MR) is 85.6 cm³/mol. The van der Waals surface area contributed by atoms with Gasteiger partial charge in [-0.25, -0.2) is 0 Å². The number of benzene rings is 1. The van der Waals surface area contributed by atoms with Gasteiger partial charge in [-0.2, -0.15) is 13.2 Å². The summed E-state index contributed by atoms with van der Waals surface area (Å²) in [7, 11) is 1.79. The molecular weight excluding hydrogens is 305 g/mol. The lowest BCUT2D eigenvalue weighted by molar-refractivity contribution is -0.177. The summed E-state index contributed by atoms with van der Waals surface area (Å²) in [4.78, 5) is 6.08. The van der Waals surface area contributed by atoms with E-state index in [1.165, 1.54) is 0 Å². The molecule has 0 amide bonds. The number of anilines is 2. The monoisotopic (exact) mass is 324 g/mol. The van der Waals surface area contributed by atoms with Crippen molar-refractivity contribution in [2.24, 2.45) is 11.7 Å². The Hall–Kier alpha value is -2.02. The van der Waals surface area contributed by atoms with Crippen LogP contribution in [0.2, 0.25) is 0 Å². The average Bonchev–Trinajstić information content (AvgIpc) is 2.52. The molecular formula is C16H19F3N4. The minimum Gasteiger partial charge on any atom is -0.386 e. The molecule has 124 valence electrons. The molecule has 23 heavy (non-hydrogen) atoms. The van der Waals surface area contributed by atoms with Gasteiger partial charge in [0.15, 0.2) is 0 Å². The molecule has 1 aromatic carbocycles. The quantitative estimate of drug-likeness (QED) is 0.892. The van der Waals surface area contributed by atoms with E-state index >= 15 is 0 Å². The van der Waals surface area contributed by atoms with Gasteiger partial charge in [-0.3, -0.25) is 4.98 Å². The molecule has 3 rings (SSSR count). The zero-order valence-corrected chi connectivity index (χ0v) is 12.8. The summed E-state index contributed by atoms with van der Waals surface area (Å²) in [6.45, 7) is 0.343. The molecule has 2 aromatic rings. The van der Waals surface area contributed by atoms with E-state index in [-0.39, 0.29) is 13.0 Å². The van der Waals surface area contributed by atoms with Gasteiger partial charge in [-0.05, 0) is 30.7 Å². The fraction of sp³-hybridized carbons (Fsp3) is 0.438. The number of nitrogens with zero attached hydrogens (tertiary/aromatic N) is 2. The van der Waals surface area contributed by atoms with E-state index in [0.717, 1.165) is 22.3 Å². The average molecular weight is 324 g/mol. The number of pyridine rings is 1. The third-order valence-electron chi connectivity index (χ3n) is 4.30. The van der Waals surface area contributed by atoms with E-state index in [9.17, 15) is 13.2 Å². The molecule has 4 nitrogen and oxygen atoms in total. The van der Waals surface area contributed by atoms with E-state index in [2.05, 4.69) is 10.3 Å². The third-order valence-corrected chi connectivity index (χ3v) is 4.30. The topological polar surface area (TPSA) is 54.2 Å². The van der Waals surface area contributed by atoms with Crippen LogP contribution in [0.1, 0.15) is 6.42 Å². The Balaban J connectivity index is 2.03. The van der Waals surface area contributed by atoms with Gasteiger partial charge in [0.25, 0.3) is 0 Å². The number of fused-ring (bicyclic) bond motifs is 1. The van der Waals surface area contributed by atoms with Crippen LogP contribution >= 0.6 is 0 Å². The molecule has 3 N–H and O–H groups in total. The van der Waals surface area contributed by atoms with Crippen LogP contribution in [0, 0.1) is 5.92 Å². The number of nitrogens with one attached hydrogen (secondary N) is 1. The lowest BCUT2D eigenvalue weighted by atomic mass is 9.93. The standard InChI is InChI=1S/C16H19F3N4/c1-21-13-4-5-14(12-3-2-6-22-15(12)13)23-8-10(16(17,18)19)7-11(20)9-23/h2-6,10-11,21H,7-9,20H2,1H3/t10-,11+/m0/s1. The SMILES string of the molecule is CNc1ccc(N2C[C@H](N)C[C@H](C(F)(F)F)C2)c2cccnc12. The lowest BCUT2D eigenvalue weighted by Crippen LogP contribution is -2.51. The Labute approximate surface area is 132 Å². The maximum absolute atomic E-state index is 13.1. The second kappa shape index (κ2) is 5.88. The highest BCUT2D eigenvalue weighted by molar-refractivity contribution is 5.99. The summed E-state index contributed by atoms with van der Waals surface area (Å²) in [6, 6.07) is 6.85. The van der Waals surface area contributed by atoms with Crippen LogP contribution in [0.3, 0.4) is 0 Å². The normalized spacial score (nSPS) is 22.4. The van der Waals surface area contributed by atoms with Gasteiger partial charge >= 0.3 is 6.18 Å². The van der Waals surface area contributed by atoms with Gasteiger partial charge < -0.3 is 16.0 Å². The van der Waals surface area contributed by atoms with E-state index in [4.69, 9.17) is 5.73 Å². The van der Waals surface area contributed by atoms with Crippen LogP contribution < -0.4 is 16.0 Å². The van der Waals surface area contributed by atoms with Crippen molar-refractivity contribution in [1.29, 1.82) is 0 Å². The second-order valence-electron chi connectivity index (χ2n) is 5.92. The first-order chi connectivity index (χ1) is 10.9.